The Hall–Kier alpha value is -3.62. The molecule has 2 aromatic heterocycles. The highest BCUT2D eigenvalue weighted by Crippen LogP contribution is 2.31. The summed E-state index contributed by atoms with van der Waals surface area (Å²) in [5, 5.41) is 0.572. The molecule has 0 saturated carbocycles. The zero-order valence-electron chi connectivity index (χ0n) is 19.8. The van der Waals surface area contributed by atoms with Crippen LogP contribution in [0.2, 0.25) is 0 Å². The summed E-state index contributed by atoms with van der Waals surface area (Å²) in [5.74, 6) is -0.501. The molecule has 1 fully saturated rings. The second-order valence-electron chi connectivity index (χ2n) is 9.42. The van der Waals surface area contributed by atoms with Crippen molar-refractivity contribution in [2.24, 2.45) is 0 Å². The Kier molecular flexibility index (Phi) is 6.20. The number of nitrogens with zero attached hydrogens (tertiary/aromatic N) is 2. The molecule has 0 spiro atoms. The molecule has 1 aromatic carbocycles. The van der Waals surface area contributed by atoms with Gasteiger partial charge in [-0.15, -0.1) is 0 Å². The number of aromatic nitrogens is 1. The Labute approximate surface area is 196 Å². The first-order valence-electron chi connectivity index (χ1n) is 11.4. The summed E-state index contributed by atoms with van der Waals surface area (Å²) >= 11 is 0. The van der Waals surface area contributed by atoms with Crippen LogP contribution in [-0.2, 0) is 9.47 Å². The van der Waals surface area contributed by atoms with E-state index in [-0.39, 0.29) is 46.5 Å². The van der Waals surface area contributed by atoms with E-state index in [1.54, 1.807) is 17.9 Å². The number of nitrogens with two attached hydrogens (primary N) is 1. The lowest BCUT2D eigenvalue weighted by molar-refractivity contribution is 0.0204. The van der Waals surface area contributed by atoms with E-state index in [4.69, 9.17) is 19.6 Å². The van der Waals surface area contributed by atoms with Crippen molar-refractivity contribution in [2.45, 2.75) is 52.1 Å². The van der Waals surface area contributed by atoms with Crippen LogP contribution in [0.3, 0.4) is 0 Å². The third-order valence-corrected chi connectivity index (χ3v) is 5.83. The largest absolute Gasteiger partial charge is 0.462 e. The van der Waals surface area contributed by atoms with Crippen molar-refractivity contribution < 1.29 is 23.5 Å². The molecule has 4 rings (SSSR count). The lowest BCUT2D eigenvalue weighted by Gasteiger charge is -2.33. The summed E-state index contributed by atoms with van der Waals surface area (Å²) in [6.07, 6.45) is 1.21. The van der Waals surface area contributed by atoms with Gasteiger partial charge in [0.1, 0.15) is 22.6 Å². The summed E-state index contributed by atoms with van der Waals surface area (Å²) in [6, 6.07) is 6.89. The van der Waals surface area contributed by atoms with Crippen molar-refractivity contribution in [3.63, 3.8) is 0 Å². The number of hydrogen-bond acceptors (Lipinski definition) is 8. The van der Waals surface area contributed by atoms with Crippen LogP contribution >= 0.6 is 0 Å². The van der Waals surface area contributed by atoms with Crippen molar-refractivity contribution in [3.05, 3.63) is 45.6 Å². The fourth-order valence-electron chi connectivity index (χ4n) is 4.16. The van der Waals surface area contributed by atoms with Gasteiger partial charge in [-0.2, -0.15) is 4.98 Å². The highest BCUT2D eigenvalue weighted by molar-refractivity contribution is 5.99. The summed E-state index contributed by atoms with van der Waals surface area (Å²) in [4.78, 5) is 43.6. The fraction of sp³-hybridized carbons (Fsp3) is 0.440. The minimum Gasteiger partial charge on any atom is -0.462 e. The second kappa shape index (κ2) is 8.96. The molecule has 9 nitrogen and oxygen atoms in total. The third kappa shape index (κ3) is 4.69. The average molecular weight is 468 g/mol. The number of pyridine rings is 1. The molecular formula is C25H29N3O6. The topological polar surface area (TPSA) is 125 Å². The molecule has 0 bridgehead atoms. The van der Waals surface area contributed by atoms with Crippen molar-refractivity contribution in [1.82, 2.24) is 9.88 Å². The molecule has 34 heavy (non-hydrogen) atoms. The summed E-state index contributed by atoms with van der Waals surface area (Å²) in [5.41, 5.74) is 6.56. The van der Waals surface area contributed by atoms with Gasteiger partial charge in [0.05, 0.1) is 17.4 Å². The van der Waals surface area contributed by atoms with Gasteiger partial charge in [0.25, 0.3) is 0 Å². The number of carbonyl (C=O) groups is 2. The molecule has 9 heteroatoms. The van der Waals surface area contributed by atoms with E-state index in [1.165, 1.54) is 6.07 Å². The van der Waals surface area contributed by atoms with Crippen molar-refractivity contribution in [2.75, 3.05) is 25.4 Å². The predicted octanol–water partition coefficient (Wildman–Crippen LogP) is 4.21. The number of nitrogen functional groups attached to an aromatic ring is 1. The van der Waals surface area contributed by atoms with Crippen LogP contribution in [0.25, 0.3) is 22.1 Å². The van der Waals surface area contributed by atoms with Crippen molar-refractivity contribution in [1.29, 1.82) is 0 Å². The first kappa shape index (κ1) is 23.5. The predicted molar refractivity (Wildman–Crippen MR) is 128 cm³/mol. The molecule has 3 aromatic rings. The van der Waals surface area contributed by atoms with Crippen LogP contribution in [-0.4, -0.2) is 47.2 Å². The quantitative estimate of drug-likeness (QED) is 0.448. The lowest BCUT2D eigenvalue weighted by Crippen LogP contribution is -2.41. The maximum Gasteiger partial charge on any atom is 0.410 e. The molecule has 0 radical (unpaired) electrons. The van der Waals surface area contributed by atoms with Crippen LogP contribution in [0.15, 0.2) is 33.5 Å². The van der Waals surface area contributed by atoms with E-state index < -0.39 is 11.6 Å². The van der Waals surface area contributed by atoms with E-state index in [2.05, 4.69) is 4.98 Å². The molecule has 0 atom stereocenters. The van der Waals surface area contributed by atoms with Gasteiger partial charge in [-0.3, -0.25) is 4.79 Å². The molecule has 1 amide bonds. The number of hydrogen-bond donors (Lipinski definition) is 1. The molecule has 180 valence electrons. The Morgan fingerprint density at radius 3 is 2.53 bits per heavy atom. The summed E-state index contributed by atoms with van der Waals surface area (Å²) in [7, 11) is 0. The van der Waals surface area contributed by atoms with Gasteiger partial charge in [-0.25, -0.2) is 9.59 Å². The van der Waals surface area contributed by atoms with Gasteiger partial charge in [0, 0.05) is 13.1 Å². The Morgan fingerprint density at radius 2 is 1.88 bits per heavy atom. The van der Waals surface area contributed by atoms with Gasteiger partial charge >= 0.3 is 12.1 Å². The van der Waals surface area contributed by atoms with Crippen LogP contribution in [0.4, 0.5) is 10.6 Å². The van der Waals surface area contributed by atoms with Gasteiger partial charge in [0.2, 0.25) is 11.1 Å². The highest BCUT2D eigenvalue weighted by Gasteiger charge is 2.28. The zero-order chi connectivity index (χ0) is 24.6. The molecule has 3 heterocycles. The Bertz CT molecular complexity index is 1320. The average Bonchev–Trinajstić information content (AvgIpc) is 2.78. The van der Waals surface area contributed by atoms with Gasteiger partial charge in [-0.1, -0.05) is 6.07 Å². The van der Waals surface area contributed by atoms with Crippen LogP contribution in [0.5, 0.6) is 0 Å². The van der Waals surface area contributed by atoms with E-state index in [9.17, 15) is 14.4 Å². The van der Waals surface area contributed by atoms with E-state index >= 15 is 0 Å². The molecule has 0 unspecified atom stereocenters. The van der Waals surface area contributed by atoms with E-state index in [0.717, 1.165) is 18.4 Å². The number of benzene rings is 1. The second-order valence-corrected chi connectivity index (χ2v) is 9.42. The van der Waals surface area contributed by atoms with E-state index in [1.807, 2.05) is 32.9 Å². The minimum atomic E-state index is -0.639. The number of amides is 1. The third-order valence-electron chi connectivity index (χ3n) is 5.83. The monoisotopic (exact) mass is 467 g/mol. The summed E-state index contributed by atoms with van der Waals surface area (Å²) < 4.78 is 16.3. The number of anilines is 1. The molecule has 2 N–H and O–H groups in total. The molecule has 1 aliphatic rings. The summed E-state index contributed by atoms with van der Waals surface area (Å²) in [6.45, 7) is 8.57. The first-order valence-corrected chi connectivity index (χ1v) is 11.4. The lowest BCUT2D eigenvalue weighted by atomic mass is 9.89. The number of ether oxygens (including phenoxy) is 2. The molecular weight excluding hydrogens is 438 g/mol. The molecule has 0 aliphatic carbocycles. The van der Waals surface area contributed by atoms with Crippen LogP contribution in [0, 0.1) is 0 Å². The van der Waals surface area contributed by atoms with Crippen molar-refractivity contribution >= 4 is 39.9 Å². The number of esters is 1. The number of fused-ring (bicyclic) bond motifs is 2. The maximum absolute atomic E-state index is 13.3. The van der Waals surface area contributed by atoms with Gasteiger partial charge in [0.15, 0.2) is 0 Å². The maximum atomic E-state index is 13.3. The van der Waals surface area contributed by atoms with Crippen LogP contribution in [0.1, 0.15) is 62.4 Å². The van der Waals surface area contributed by atoms with Crippen LogP contribution < -0.4 is 11.2 Å². The fourth-order valence-corrected chi connectivity index (χ4v) is 4.16. The molecule has 1 saturated heterocycles. The smallest absolute Gasteiger partial charge is 0.410 e. The van der Waals surface area contributed by atoms with Gasteiger partial charge < -0.3 is 24.5 Å². The number of carbonyl (C=O) groups excluding carboxylic acids is 2. The highest BCUT2D eigenvalue weighted by atomic mass is 16.6. The number of rotatable bonds is 3. The van der Waals surface area contributed by atoms with Gasteiger partial charge in [-0.05, 0) is 70.2 Å². The number of likely N-dealkylation sites (tertiary alicyclic amines) is 1. The Balaban J connectivity index is 1.62. The molecule has 1 aliphatic heterocycles. The van der Waals surface area contributed by atoms with Crippen molar-refractivity contribution in [3.8, 4) is 0 Å². The van der Waals surface area contributed by atoms with E-state index in [0.29, 0.717) is 24.1 Å². The standard InChI is InChI=1S/C25H29N3O6/c1-5-32-23(30)18-13-17-20(29)16-12-15(6-7-19(16)33-22(17)27-21(18)26)14-8-10-28(11-9-14)24(31)34-25(2,3)4/h6-7,12-14H,5,8-11H2,1-4H3,(H2,26,27). The normalized spacial score (nSPS) is 15.0. The Morgan fingerprint density at radius 1 is 1.18 bits per heavy atom. The first-order chi connectivity index (χ1) is 16.1. The SMILES string of the molecule is CCOC(=O)c1cc2c(=O)c3cc(C4CCN(C(=O)OC(C)(C)C)CC4)ccc3oc2nc1N. The minimum absolute atomic E-state index is 0.0340. The zero-order valence-corrected chi connectivity index (χ0v) is 19.8. The number of piperidine rings is 1.